The van der Waals surface area contributed by atoms with Crippen LogP contribution >= 0.6 is 0 Å². The SMILES string of the molecule is C1=Cc2cc(N(c3ccccc3)c3cccc4c3oc3cc(-c5cccc6c5oc5c(-c7cccc8c7oc7ccccc78)cccc56)ccc34)c3c4c(ccc(c24)C1)C=CC3. The maximum atomic E-state index is 7.06. The fourth-order valence-electron chi connectivity index (χ4n) is 10.5. The monoisotopic (exact) mass is 793 g/mol. The molecule has 0 atom stereocenters. The molecule has 0 aliphatic heterocycles. The highest BCUT2D eigenvalue weighted by atomic mass is 16.3. The Morgan fingerprint density at radius 3 is 1.85 bits per heavy atom. The van der Waals surface area contributed by atoms with Gasteiger partial charge in [-0.3, -0.25) is 0 Å². The van der Waals surface area contributed by atoms with Gasteiger partial charge in [0.2, 0.25) is 0 Å². The summed E-state index contributed by atoms with van der Waals surface area (Å²) < 4.78 is 20.5. The van der Waals surface area contributed by atoms with Crippen LogP contribution in [0.4, 0.5) is 17.1 Å². The average molecular weight is 794 g/mol. The van der Waals surface area contributed by atoms with E-state index in [-0.39, 0.29) is 0 Å². The van der Waals surface area contributed by atoms with Crippen LogP contribution in [0.2, 0.25) is 0 Å². The largest absolute Gasteiger partial charge is 0.455 e. The summed E-state index contributed by atoms with van der Waals surface area (Å²) in [6, 6.07) is 58.3. The maximum absolute atomic E-state index is 7.06. The summed E-state index contributed by atoms with van der Waals surface area (Å²) in [6.45, 7) is 0. The molecule has 3 aromatic heterocycles. The summed E-state index contributed by atoms with van der Waals surface area (Å²) in [7, 11) is 0. The minimum Gasteiger partial charge on any atom is -0.455 e. The highest BCUT2D eigenvalue weighted by Gasteiger charge is 2.27. The van der Waals surface area contributed by atoms with Gasteiger partial charge in [0.15, 0.2) is 5.58 Å². The zero-order valence-corrected chi connectivity index (χ0v) is 33.5. The van der Waals surface area contributed by atoms with Crippen molar-refractivity contribution in [2.45, 2.75) is 12.8 Å². The van der Waals surface area contributed by atoms with Crippen molar-refractivity contribution in [1.29, 1.82) is 0 Å². The number of anilines is 3. The van der Waals surface area contributed by atoms with Crippen LogP contribution in [0.5, 0.6) is 0 Å². The first-order valence-electron chi connectivity index (χ1n) is 21.4. The fourth-order valence-corrected chi connectivity index (χ4v) is 10.5. The van der Waals surface area contributed by atoms with Gasteiger partial charge in [-0.25, -0.2) is 0 Å². The van der Waals surface area contributed by atoms with Crippen LogP contribution in [0.3, 0.4) is 0 Å². The Labute approximate surface area is 355 Å². The van der Waals surface area contributed by atoms with Gasteiger partial charge in [0.25, 0.3) is 0 Å². The minimum absolute atomic E-state index is 0.830. The number of nitrogens with zero attached hydrogens (tertiary/aromatic N) is 1. The van der Waals surface area contributed by atoms with E-state index in [1.54, 1.807) is 0 Å². The zero-order valence-electron chi connectivity index (χ0n) is 33.5. The summed E-state index contributed by atoms with van der Waals surface area (Å²) in [5, 5.41) is 9.25. The van der Waals surface area contributed by atoms with E-state index in [0.29, 0.717) is 0 Å². The van der Waals surface area contributed by atoms with Crippen molar-refractivity contribution < 1.29 is 13.3 Å². The number of allylic oxidation sites excluding steroid dienone is 2. The Bertz CT molecular complexity index is 3930. The van der Waals surface area contributed by atoms with Crippen molar-refractivity contribution in [2.24, 2.45) is 0 Å². The summed E-state index contributed by atoms with van der Waals surface area (Å²) in [4.78, 5) is 2.41. The molecule has 14 rings (SSSR count). The van der Waals surface area contributed by atoms with Crippen LogP contribution in [0, 0.1) is 0 Å². The molecule has 3 heterocycles. The van der Waals surface area contributed by atoms with Crippen molar-refractivity contribution in [3.8, 4) is 22.3 Å². The molecule has 0 spiro atoms. The van der Waals surface area contributed by atoms with Crippen LogP contribution in [0.15, 0.2) is 189 Å². The summed E-state index contributed by atoms with van der Waals surface area (Å²) in [5.74, 6) is 0. The molecule has 2 aliphatic carbocycles. The molecule has 0 unspecified atom stereocenters. The predicted octanol–water partition coefficient (Wildman–Crippen LogP) is 16.5. The minimum atomic E-state index is 0.830. The highest BCUT2D eigenvalue weighted by molar-refractivity contribution is 6.18. The molecule has 2 aliphatic rings. The standard InChI is InChI=1S/C58H35NO3/c1-2-15-38(16-3-1)59(50-32-37-14-6-12-34-28-29-35-13-7-25-48(50)54(35)53(34)37)49-26-11-24-43-41-31-30-36(33-52(41)61-58(43)49)39-18-8-20-44-46-22-10-23-47(57(46)62-55(39)44)45-21-9-19-42-40-17-4-5-27-51(40)60-56(42)45/h1-11,13-24,26-33H,12,25H2. The van der Waals surface area contributed by atoms with Gasteiger partial charge < -0.3 is 18.2 Å². The van der Waals surface area contributed by atoms with Gasteiger partial charge in [-0.1, -0.05) is 146 Å². The van der Waals surface area contributed by atoms with Gasteiger partial charge in [0, 0.05) is 54.7 Å². The van der Waals surface area contributed by atoms with Gasteiger partial charge in [-0.15, -0.1) is 0 Å². The third-order valence-corrected chi connectivity index (χ3v) is 13.3. The number of rotatable bonds is 5. The smallest absolute Gasteiger partial charge is 0.159 e. The number of benzene rings is 9. The lowest BCUT2D eigenvalue weighted by atomic mass is 9.83. The van der Waals surface area contributed by atoms with Crippen LogP contribution in [0.1, 0.15) is 22.3 Å². The first-order chi connectivity index (χ1) is 30.7. The Balaban J connectivity index is 0.944. The molecule has 0 radical (unpaired) electrons. The van der Waals surface area contributed by atoms with E-state index >= 15 is 0 Å². The van der Waals surface area contributed by atoms with E-state index in [4.69, 9.17) is 13.3 Å². The van der Waals surface area contributed by atoms with E-state index in [2.05, 4.69) is 181 Å². The predicted molar refractivity (Wildman–Crippen MR) is 257 cm³/mol. The molecule has 0 fully saturated rings. The topological polar surface area (TPSA) is 42.7 Å². The third kappa shape index (κ3) is 4.72. The summed E-state index contributed by atoms with van der Waals surface area (Å²) >= 11 is 0. The fraction of sp³-hybridized carbons (Fsp3) is 0.0345. The van der Waals surface area contributed by atoms with Crippen molar-refractivity contribution in [3.63, 3.8) is 0 Å². The Morgan fingerprint density at radius 2 is 1.02 bits per heavy atom. The van der Waals surface area contributed by atoms with Crippen molar-refractivity contribution >= 4 is 106 Å². The molecule has 4 heteroatoms. The second-order valence-corrected chi connectivity index (χ2v) is 16.6. The lowest BCUT2D eigenvalue weighted by Crippen LogP contribution is -2.14. The first-order valence-corrected chi connectivity index (χ1v) is 21.4. The van der Waals surface area contributed by atoms with E-state index in [1.165, 1.54) is 38.7 Å². The quantitative estimate of drug-likeness (QED) is 0.174. The molecule has 9 aromatic carbocycles. The normalized spacial score (nSPS) is 13.2. The zero-order chi connectivity index (χ0) is 40.5. The molecular formula is C58H35NO3. The number of hydrogen-bond acceptors (Lipinski definition) is 4. The second kappa shape index (κ2) is 12.7. The number of hydrogen-bond donors (Lipinski definition) is 0. The molecule has 0 saturated carbocycles. The summed E-state index contributed by atoms with van der Waals surface area (Å²) in [6.07, 6.45) is 11.0. The molecule has 0 saturated heterocycles. The second-order valence-electron chi connectivity index (χ2n) is 16.6. The van der Waals surface area contributed by atoms with Crippen LogP contribution < -0.4 is 4.90 Å². The molecule has 0 N–H and O–H groups in total. The van der Waals surface area contributed by atoms with E-state index in [1.807, 2.05) is 12.1 Å². The third-order valence-electron chi connectivity index (χ3n) is 13.3. The lowest BCUT2D eigenvalue weighted by molar-refractivity contribution is 0.665. The van der Waals surface area contributed by atoms with Crippen molar-refractivity contribution in [1.82, 2.24) is 0 Å². The van der Waals surface area contributed by atoms with Gasteiger partial charge in [-0.2, -0.15) is 0 Å². The van der Waals surface area contributed by atoms with Crippen molar-refractivity contribution in [3.05, 3.63) is 198 Å². The maximum Gasteiger partial charge on any atom is 0.159 e. The van der Waals surface area contributed by atoms with E-state index < -0.39 is 0 Å². The molecule has 0 bridgehead atoms. The van der Waals surface area contributed by atoms with Crippen LogP contribution in [0.25, 0.3) is 111 Å². The van der Waals surface area contributed by atoms with Crippen molar-refractivity contribution in [2.75, 3.05) is 4.90 Å². The first kappa shape index (κ1) is 33.7. The van der Waals surface area contributed by atoms with Gasteiger partial charge in [0.05, 0.1) is 11.4 Å². The number of fused-ring (bicyclic) bond motifs is 9. The van der Waals surface area contributed by atoms with Crippen LogP contribution in [-0.2, 0) is 12.8 Å². The molecular weight excluding hydrogens is 759 g/mol. The van der Waals surface area contributed by atoms with Gasteiger partial charge in [0.1, 0.15) is 27.9 Å². The number of para-hydroxylation sites is 6. The Kier molecular flexibility index (Phi) is 6.92. The Hall–Kier alpha value is -8.08. The lowest BCUT2D eigenvalue weighted by Gasteiger charge is -2.31. The molecule has 62 heavy (non-hydrogen) atoms. The van der Waals surface area contributed by atoms with Gasteiger partial charge >= 0.3 is 0 Å². The van der Waals surface area contributed by atoms with E-state index in [9.17, 15) is 0 Å². The molecule has 290 valence electrons. The molecule has 4 nitrogen and oxygen atoms in total. The average Bonchev–Trinajstić information content (AvgIpc) is 4.03. The molecule has 12 aromatic rings. The van der Waals surface area contributed by atoms with Gasteiger partial charge in [-0.05, 0) is 93.9 Å². The Morgan fingerprint density at radius 1 is 0.387 bits per heavy atom. The summed E-state index contributed by atoms with van der Waals surface area (Å²) in [5.41, 5.74) is 17.7. The number of furan rings is 3. The van der Waals surface area contributed by atoms with Crippen LogP contribution in [-0.4, -0.2) is 0 Å². The highest BCUT2D eigenvalue weighted by Crippen LogP contribution is 2.49. The van der Waals surface area contributed by atoms with E-state index in [0.717, 1.165) is 112 Å². The molecule has 0 amide bonds.